The van der Waals surface area contributed by atoms with Gasteiger partial charge in [0.15, 0.2) is 0 Å². The first-order valence-electron chi connectivity index (χ1n) is 10.6. The van der Waals surface area contributed by atoms with Crippen LogP contribution in [0.3, 0.4) is 0 Å². The first-order chi connectivity index (χ1) is 15.5. The number of carbonyl (C=O) groups is 1. The van der Waals surface area contributed by atoms with Crippen LogP contribution in [0.4, 0.5) is 4.79 Å². The number of thiophene rings is 1. The lowest BCUT2D eigenvalue weighted by Crippen LogP contribution is -2.24. The van der Waals surface area contributed by atoms with E-state index in [1.54, 1.807) is 7.11 Å². The smallest absolute Gasteiger partial charge is 0.404 e. The zero-order valence-electron chi connectivity index (χ0n) is 17.9. The summed E-state index contributed by atoms with van der Waals surface area (Å²) in [5, 5.41) is 6.51. The Morgan fingerprint density at radius 3 is 2.62 bits per heavy atom. The minimum atomic E-state index is -0.719. The van der Waals surface area contributed by atoms with E-state index in [0.717, 1.165) is 63.6 Å². The van der Waals surface area contributed by atoms with Crippen molar-refractivity contribution in [1.29, 1.82) is 0 Å². The number of pyridine rings is 1. The largest absolute Gasteiger partial charge is 0.496 e. The molecule has 2 atom stereocenters. The minimum absolute atomic E-state index is 0.0787. The van der Waals surface area contributed by atoms with Crippen LogP contribution in [-0.4, -0.2) is 24.3 Å². The van der Waals surface area contributed by atoms with E-state index in [1.165, 1.54) is 11.3 Å². The van der Waals surface area contributed by atoms with Gasteiger partial charge in [0.25, 0.3) is 5.56 Å². The monoisotopic (exact) mass is 448 g/mol. The summed E-state index contributed by atoms with van der Waals surface area (Å²) in [5.74, 6) is 0.909. The number of nitrogens with two attached hydrogens (primary N) is 1. The number of H-pyrrole nitrogens is 1. The van der Waals surface area contributed by atoms with Gasteiger partial charge >= 0.3 is 6.09 Å². The minimum Gasteiger partial charge on any atom is -0.496 e. The molecule has 4 aromatic rings. The number of primary amides is 1. The molecule has 1 saturated carbocycles. The second-order valence-corrected chi connectivity index (χ2v) is 9.05. The van der Waals surface area contributed by atoms with Crippen molar-refractivity contribution >= 4 is 39.1 Å². The van der Waals surface area contributed by atoms with Crippen LogP contribution in [-0.2, 0) is 4.74 Å². The Morgan fingerprint density at radius 1 is 1.16 bits per heavy atom. The number of ether oxygens (including phenoxy) is 2. The predicted octanol–water partition coefficient (Wildman–Crippen LogP) is 5.46. The van der Waals surface area contributed by atoms with Crippen molar-refractivity contribution in [2.75, 3.05) is 7.11 Å². The molecule has 0 aliphatic heterocycles. The van der Waals surface area contributed by atoms with Crippen molar-refractivity contribution in [2.45, 2.75) is 38.2 Å². The summed E-state index contributed by atoms with van der Waals surface area (Å²) >= 11 is 1.52. The number of fused-ring (bicyclic) bond motifs is 3. The molecule has 2 aromatic carbocycles. The lowest BCUT2D eigenvalue weighted by molar-refractivity contribution is 0.100. The SMILES string of the molecule is COc1cc(C)c2[nH]c(=O)c3cscc3c2c1-c1ccc([C@H]2CCC[C@H]2OC(N)=O)cc1. The molecule has 1 aliphatic carbocycles. The Kier molecular flexibility index (Phi) is 5.13. The number of methoxy groups -OCH3 is 1. The summed E-state index contributed by atoms with van der Waals surface area (Å²) in [4.78, 5) is 26.9. The second kappa shape index (κ2) is 7.98. The first-order valence-corrected chi connectivity index (χ1v) is 11.6. The maximum atomic E-state index is 12.6. The van der Waals surface area contributed by atoms with Crippen LogP contribution >= 0.6 is 11.3 Å². The second-order valence-electron chi connectivity index (χ2n) is 8.31. The summed E-state index contributed by atoms with van der Waals surface area (Å²) in [5.41, 5.74) is 10.0. The fourth-order valence-electron chi connectivity index (χ4n) is 5.01. The number of rotatable bonds is 4. The summed E-state index contributed by atoms with van der Waals surface area (Å²) in [6.07, 6.45) is 1.90. The van der Waals surface area contributed by atoms with E-state index in [1.807, 2.05) is 23.8 Å². The number of aryl methyl sites for hydroxylation is 1. The Labute approximate surface area is 189 Å². The van der Waals surface area contributed by atoms with E-state index < -0.39 is 6.09 Å². The molecular formula is C25H24N2O4S. The Balaban J connectivity index is 1.66. The van der Waals surface area contributed by atoms with E-state index in [0.29, 0.717) is 5.39 Å². The summed E-state index contributed by atoms with van der Waals surface area (Å²) < 4.78 is 11.1. The number of benzene rings is 2. The van der Waals surface area contributed by atoms with Crippen LogP contribution in [0.25, 0.3) is 32.8 Å². The van der Waals surface area contributed by atoms with E-state index in [-0.39, 0.29) is 17.6 Å². The van der Waals surface area contributed by atoms with Crippen LogP contribution in [0.5, 0.6) is 5.75 Å². The number of hydrogen-bond acceptors (Lipinski definition) is 5. The summed E-state index contributed by atoms with van der Waals surface area (Å²) in [6.45, 7) is 1.98. The van der Waals surface area contributed by atoms with Gasteiger partial charge in [-0.05, 0) is 54.3 Å². The van der Waals surface area contributed by atoms with Gasteiger partial charge in [-0.25, -0.2) is 4.79 Å². The average molecular weight is 449 g/mol. The Bertz CT molecular complexity index is 1390. The number of carbonyl (C=O) groups excluding carboxylic acids is 1. The van der Waals surface area contributed by atoms with Crippen LogP contribution < -0.4 is 16.0 Å². The third-order valence-electron chi connectivity index (χ3n) is 6.47. The molecule has 1 aliphatic rings. The third-order valence-corrected chi connectivity index (χ3v) is 7.21. The van der Waals surface area contributed by atoms with Gasteiger partial charge in [-0.2, -0.15) is 11.3 Å². The molecule has 32 heavy (non-hydrogen) atoms. The predicted molar refractivity (Wildman–Crippen MR) is 128 cm³/mol. The molecule has 7 heteroatoms. The molecule has 6 nitrogen and oxygen atoms in total. The van der Waals surface area contributed by atoms with Gasteiger partial charge in [-0.1, -0.05) is 24.3 Å². The van der Waals surface area contributed by atoms with E-state index in [4.69, 9.17) is 15.2 Å². The zero-order valence-corrected chi connectivity index (χ0v) is 18.8. The van der Waals surface area contributed by atoms with Gasteiger partial charge in [0, 0.05) is 27.6 Å². The number of hydrogen-bond donors (Lipinski definition) is 2. The van der Waals surface area contributed by atoms with Crippen molar-refractivity contribution in [3.8, 4) is 16.9 Å². The van der Waals surface area contributed by atoms with Gasteiger partial charge in [0.2, 0.25) is 0 Å². The molecule has 2 heterocycles. The van der Waals surface area contributed by atoms with Crippen LogP contribution in [0.1, 0.15) is 36.3 Å². The van der Waals surface area contributed by atoms with Gasteiger partial charge < -0.3 is 20.2 Å². The summed E-state index contributed by atoms with van der Waals surface area (Å²) in [6, 6.07) is 10.3. The van der Waals surface area contributed by atoms with Crippen molar-refractivity contribution < 1.29 is 14.3 Å². The Hall–Kier alpha value is -3.32. The molecule has 164 valence electrons. The maximum absolute atomic E-state index is 12.6. The highest BCUT2D eigenvalue weighted by molar-refractivity contribution is 7.09. The Morgan fingerprint density at radius 2 is 1.91 bits per heavy atom. The van der Waals surface area contributed by atoms with Gasteiger partial charge in [-0.15, -0.1) is 0 Å². The van der Waals surface area contributed by atoms with Crippen molar-refractivity contribution in [3.05, 3.63) is 62.6 Å². The number of aromatic amines is 1. The fraction of sp³-hybridized carbons (Fsp3) is 0.280. The molecular weight excluding hydrogens is 424 g/mol. The molecule has 0 spiro atoms. The highest BCUT2D eigenvalue weighted by atomic mass is 32.1. The number of nitrogens with one attached hydrogen (secondary N) is 1. The first kappa shape index (κ1) is 20.6. The molecule has 3 N–H and O–H groups in total. The molecule has 5 rings (SSSR count). The quantitative estimate of drug-likeness (QED) is 0.433. The molecule has 0 bridgehead atoms. The van der Waals surface area contributed by atoms with Crippen LogP contribution in [0.2, 0.25) is 0 Å². The van der Waals surface area contributed by atoms with Crippen LogP contribution in [0.15, 0.2) is 45.9 Å². The molecule has 1 fully saturated rings. The van der Waals surface area contributed by atoms with Gasteiger partial charge in [0.1, 0.15) is 11.9 Å². The lowest BCUT2D eigenvalue weighted by Gasteiger charge is -2.20. The van der Waals surface area contributed by atoms with Crippen LogP contribution in [0, 0.1) is 6.92 Å². The summed E-state index contributed by atoms with van der Waals surface area (Å²) in [7, 11) is 1.67. The molecule has 0 radical (unpaired) electrons. The third kappa shape index (κ3) is 3.33. The van der Waals surface area contributed by atoms with E-state index >= 15 is 0 Å². The number of aromatic nitrogens is 1. The molecule has 0 unspecified atom stereocenters. The van der Waals surface area contributed by atoms with Crippen molar-refractivity contribution in [2.24, 2.45) is 5.73 Å². The standard InChI is InChI=1S/C25H24N2O4S/c1-13-10-20(30-2)21(22-17-11-32-12-18(17)24(28)27-23(13)22)15-8-6-14(7-9-15)16-4-3-5-19(16)31-25(26)29/h6-12,16,19H,3-5H2,1-2H3,(H2,26,29)(H,27,28)/t16-,19-/m1/s1. The molecule has 0 saturated heterocycles. The number of amides is 1. The van der Waals surface area contributed by atoms with E-state index in [2.05, 4.69) is 29.2 Å². The van der Waals surface area contributed by atoms with Gasteiger partial charge in [-0.3, -0.25) is 4.79 Å². The lowest BCUT2D eigenvalue weighted by atomic mass is 9.91. The highest BCUT2D eigenvalue weighted by Crippen LogP contribution is 2.43. The van der Waals surface area contributed by atoms with E-state index in [9.17, 15) is 9.59 Å². The average Bonchev–Trinajstić information content (AvgIpc) is 3.44. The fourth-order valence-corrected chi connectivity index (χ4v) is 5.83. The van der Waals surface area contributed by atoms with Gasteiger partial charge in [0.05, 0.1) is 18.0 Å². The molecule has 1 amide bonds. The maximum Gasteiger partial charge on any atom is 0.404 e. The van der Waals surface area contributed by atoms with Crippen molar-refractivity contribution in [3.63, 3.8) is 0 Å². The highest BCUT2D eigenvalue weighted by Gasteiger charge is 2.31. The molecule has 2 aromatic heterocycles. The topological polar surface area (TPSA) is 94.4 Å². The van der Waals surface area contributed by atoms with Crippen molar-refractivity contribution in [1.82, 2.24) is 4.98 Å². The normalized spacial score (nSPS) is 18.3. The zero-order chi connectivity index (χ0) is 22.4.